The number of aryl methyl sites for hydroxylation is 2. The lowest BCUT2D eigenvalue weighted by atomic mass is 9.99. The van der Waals surface area contributed by atoms with E-state index < -0.39 is 0 Å². The topological polar surface area (TPSA) is 21.3 Å². The van der Waals surface area contributed by atoms with E-state index in [1.165, 1.54) is 23.1 Å². The highest BCUT2D eigenvalue weighted by Gasteiger charge is 2.13. The van der Waals surface area contributed by atoms with Crippen LogP contribution in [0.1, 0.15) is 62.8 Å². The highest BCUT2D eigenvalue weighted by atomic mass is 16.5. The van der Waals surface area contributed by atoms with Gasteiger partial charge in [0, 0.05) is 6.61 Å². The van der Waals surface area contributed by atoms with E-state index in [9.17, 15) is 0 Å². The van der Waals surface area contributed by atoms with Crippen molar-refractivity contribution in [2.24, 2.45) is 5.92 Å². The molecule has 120 valence electrons. The number of hydrogen-bond donors (Lipinski definition) is 1. The van der Waals surface area contributed by atoms with Crippen molar-refractivity contribution in [2.75, 3.05) is 19.8 Å². The first-order chi connectivity index (χ1) is 10.0. The Morgan fingerprint density at radius 3 is 2.62 bits per heavy atom. The molecule has 1 rings (SSSR count). The lowest BCUT2D eigenvalue weighted by molar-refractivity contribution is 0.106. The molecule has 2 heteroatoms. The third kappa shape index (κ3) is 7.10. The average molecular weight is 291 g/mol. The Kier molecular flexibility index (Phi) is 8.63. The smallest absolute Gasteiger partial charge is 0.0661 e. The lowest BCUT2D eigenvalue weighted by Gasteiger charge is -2.21. The minimum Gasteiger partial charge on any atom is -0.379 e. The van der Waals surface area contributed by atoms with E-state index in [0.717, 1.165) is 38.5 Å². The molecule has 1 aromatic carbocycles. The molecule has 0 aromatic heterocycles. The zero-order chi connectivity index (χ0) is 15.7. The fourth-order valence-corrected chi connectivity index (χ4v) is 2.51. The minimum atomic E-state index is 0.309. The van der Waals surface area contributed by atoms with Crippen molar-refractivity contribution in [1.82, 2.24) is 5.32 Å². The molecule has 1 aromatic rings. The number of ether oxygens (including phenoxy) is 1. The van der Waals surface area contributed by atoms with Crippen LogP contribution >= 0.6 is 0 Å². The van der Waals surface area contributed by atoms with E-state index in [4.69, 9.17) is 4.74 Å². The summed E-state index contributed by atoms with van der Waals surface area (Å²) in [6.45, 7) is 13.8. The summed E-state index contributed by atoms with van der Waals surface area (Å²) in [6.07, 6.45) is 3.55. The van der Waals surface area contributed by atoms with Gasteiger partial charge in [-0.05, 0) is 56.7 Å². The Morgan fingerprint density at radius 2 is 1.95 bits per heavy atom. The van der Waals surface area contributed by atoms with Crippen LogP contribution in [0.5, 0.6) is 0 Å². The van der Waals surface area contributed by atoms with E-state index >= 15 is 0 Å². The molecule has 2 nitrogen and oxygen atoms in total. The molecule has 0 saturated heterocycles. The Bertz CT molecular complexity index is 401. The molecule has 0 heterocycles. The Labute approximate surface area is 131 Å². The van der Waals surface area contributed by atoms with Crippen LogP contribution < -0.4 is 5.32 Å². The van der Waals surface area contributed by atoms with Gasteiger partial charge < -0.3 is 10.1 Å². The van der Waals surface area contributed by atoms with Gasteiger partial charge in [-0.3, -0.25) is 0 Å². The van der Waals surface area contributed by atoms with Crippen molar-refractivity contribution in [1.29, 1.82) is 0 Å². The van der Waals surface area contributed by atoms with Gasteiger partial charge in [-0.2, -0.15) is 0 Å². The van der Waals surface area contributed by atoms with Crippen LogP contribution in [0.3, 0.4) is 0 Å². The second-order valence-electron chi connectivity index (χ2n) is 6.48. The third-order valence-corrected chi connectivity index (χ3v) is 3.81. The first kappa shape index (κ1) is 18.2. The van der Waals surface area contributed by atoms with Crippen molar-refractivity contribution in [3.8, 4) is 0 Å². The van der Waals surface area contributed by atoms with E-state index in [-0.39, 0.29) is 0 Å². The predicted octanol–water partition coefficient (Wildman–Crippen LogP) is 4.80. The van der Waals surface area contributed by atoms with Gasteiger partial charge in [0.2, 0.25) is 0 Å². The van der Waals surface area contributed by atoms with Crippen LogP contribution in [0.15, 0.2) is 18.2 Å². The van der Waals surface area contributed by atoms with Gasteiger partial charge in [-0.15, -0.1) is 0 Å². The molecule has 1 atom stereocenters. The quantitative estimate of drug-likeness (QED) is 0.625. The molecule has 0 fully saturated rings. The molecule has 0 aliphatic rings. The number of hydrogen-bond acceptors (Lipinski definition) is 2. The van der Waals surface area contributed by atoms with E-state index in [0.29, 0.717) is 6.04 Å². The molecule has 0 amide bonds. The zero-order valence-electron chi connectivity index (χ0n) is 14.5. The Hall–Kier alpha value is -0.860. The van der Waals surface area contributed by atoms with E-state index in [2.05, 4.69) is 58.1 Å². The second-order valence-corrected chi connectivity index (χ2v) is 6.48. The molecule has 0 saturated carbocycles. The molecule has 0 spiro atoms. The molecular formula is C19H33NO. The normalized spacial score (nSPS) is 12.9. The van der Waals surface area contributed by atoms with Crippen LogP contribution in [0.4, 0.5) is 0 Å². The van der Waals surface area contributed by atoms with Gasteiger partial charge in [0.05, 0.1) is 12.6 Å². The monoisotopic (exact) mass is 291 g/mol. The molecule has 0 radical (unpaired) electrons. The summed E-state index contributed by atoms with van der Waals surface area (Å²) < 4.78 is 5.93. The zero-order valence-corrected chi connectivity index (χ0v) is 14.5. The molecule has 0 bridgehead atoms. The van der Waals surface area contributed by atoms with E-state index in [1.807, 2.05) is 0 Å². The minimum absolute atomic E-state index is 0.309. The van der Waals surface area contributed by atoms with Crippen LogP contribution in [-0.4, -0.2) is 19.8 Å². The summed E-state index contributed by atoms with van der Waals surface area (Å²) in [4.78, 5) is 0. The third-order valence-electron chi connectivity index (χ3n) is 3.81. The summed E-state index contributed by atoms with van der Waals surface area (Å²) in [5.41, 5.74) is 4.05. The summed E-state index contributed by atoms with van der Waals surface area (Å²) in [6, 6.07) is 6.99. The summed E-state index contributed by atoms with van der Waals surface area (Å²) >= 11 is 0. The fraction of sp³-hybridized carbons (Fsp3) is 0.684. The molecule has 0 aliphatic heterocycles. The lowest BCUT2D eigenvalue weighted by Crippen LogP contribution is -2.27. The van der Waals surface area contributed by atoms with Gasteiger partial charge in [0.1, 0.15) is 0 Å². The van der Waals surface area contributed by atoms with Gasteiger partial charge in [0.25, 0.3) is 0 Å². The van der Waals surface area contributed by atoms with Gasteiger partial charge in [0.15, 0.2) is 0 Å². The number of benzene rings is 1. The molecular weight excluding hydrogens is 258 g/mol. The highest BCUT2D eigenvalue weighted by Crippen LogP contribution is 2.20. The van der Waals surface area contributed by atoms with Crippen molar-refractivity contribution in [3.63, 3.8) is 0 Å². The second kappa shape index (κ2) is 9.97. The van der Waals surface area contributed by atoms with Crippen LogP contribution in [-0.2, 0) is 4.74 Å². The van der Waals surface area contributed by atoms with Crippen LogP contribution in [0, 0.1) is 19.8 Å². The summed E-state index contributed by atoms with van der Waals surface area (Å²) in [5, 5.41) is 3.63. The maximum atomic E-state index is 5.93. The van der Waals surface area contributed by atoms with Crippen molar-refractivity contribution in [2.45, 2.75) is 59.9 Å². The summed E-state index contributed by atoms with van der Waals surface area (Å²) in [7, 11) is 0. The standard InChI is InChI=1S/C19H33NO/c1-6-11-20-19(14-21-12-7-8-15(2)3)18-13-16(4)9-10-17(18)5/h9-10,13,15,19-20H,6-8,11-12,14H2,1-5H3. The molecule has 21 heavy (non-hydrogen) atoms. The van der Waals surface area contributed by atoms with Gasteiger partial charge in [-0.25, -0.2) is 0 Å². The first-order valence-electron chi connectivity index (χ1n) is 8.42. The molecule has 0 aliphatic carbocycles. The largest absolute Gasteiger partial charge is 0.379 e. The maximum Gasteiger partial charge on any atom is 0.0661 e. The molecule has 1 N–H and O–H groups in total. The number of rotatable bonds is 10. The summed E-state index contributed by atoms with van der Waals surface area (Å²) in [5.74, 6) is 0.765. The predicted molar refractivity (Wildman–Crippen MR) is 91.8 cm³/mol. The van der Waals surface area contributed by atoms with Gasteiger partial charge >= 0.3 is 0 Å². The number of nitrogens with one attached hydrogen (secondary N) is 1. The van der Waals surface area contributed by atoms with Gasteiger partial charge in [-0.1, -0.05) is 44.5 Å². The van der Waals surface area contributed by atoms with Crippen molar-refractivity contribution >= 4 is 0 Å². The van der Waals surface area contributed by atoms with Crippen molar-refractivity contribution in [3.05, 3.63) is 34.9 Å². The molecule has 1 unspecified atom stereocenters. The first-order valence-corrected chi connectivity index (χ1v) is 8.42. The highest BCUT2D eigenvalue weighted by molar-refractivity contribution is 5.33. The van der Waals surface area contributed by atoms with Crippen LogP contribution in [0.25, 0.3) is 0 Å². The van der Waals surface area contributed by atoms with E-state index in [1.54, 1.807) is 0 Å². The SMILES string of the molecule is CCCNC(COCCCC(C)C)c1cc(C)ccc1C. The maximum absolute atomic E-state index is 5.93. The average Bonchev–Trinajstić information content (AvgIpc) is 2.44. The Balaban J connectivity index is 2.56. The fourth-order valence-electron chi connectivity index (χ4n) is 2.51. The van der Waals surface area contributed by atoms with Crippen LogP contribution in [0.2, 0.25) is 0 Å². The Morgan fingerprint density at radius 1 is 1.19 bits per heavy atom. The van der Waals surface area contributed by atoms with Crippen molar-refractivity contribution < 1.29 is 4.74 Å².